The van der Waals surface area contributed by atoms with Crippen LogP contribution in [0.4, 0.5) is 5.69 Å². The Hall–Kier alpha value is -3.71. The smallest absolute Gasteiger partial charge is 0.182 e. The Balaban J connectivity index is 1.33. The highest BCUT2D eigenvalue weighted by atomic mass is 16.5. The standard InChI is InChI=1S/C25H28N6O/c1-3-32-20-6-7-22-21(15-20)18(16-28-22)8-11-27-25-29-24(26)10-13-31(25)19-5-4-17-9-12-30(2)23(17)14-19/h4-7,9-10,12-16,25,27-28H,3,8,11H2,1-2H3,(H2,26,29). The van der Waals surface area contributed by atoms with Gasteiger partial charge in [-0.05, 0) is 66.8 Å². The molecule has 5 rings (SSSR count). The molecule has 0 saturated carbocycles. The molecule has 4 N–H and O–H groups in total. The van der Waals surface area contributed by atoms with Gasteiger partial charge in [0.05, 0.1) is 6.61 Å². The summed E-state index contributed by atoms with van der Waals surface area (Å²) in [6, 6.07) is 14.7. The maximum Gasteiger partial charge on any atom is 0.182 e. The highest BCUT2D eigenvalue weighted by Gasteiger charge is 2.20. The number of aliphatic imine (C=N–C) groups is 1. The largest absolute Gasteiger partial charge is 0.494 e. The average molecular weight is 429 g/mol. The molecule has 0 spiro atoms. The number of anilines is 1. The number of nitrogens with zero attached hydrogens (tertiary/aromatic N) is 3. The Bertz CT molecular complexity index is 1310. The second kappa shape index (κ2) is 8.43. The van der Waals surface area contributed by atoms with Crippen LogP contribution in [0.15, 0.2) is 72.1 Å². The maximum atomic E-state index is 6.02. The zero-order chi connectivity index (χ0) is 22.1. The molecule has 1 atom stereocenters. The number of hydrogen-bond acceptors (Lipinski definition) is 5. The number of rotatable bonds is 7. The average Bonchev–Trinajstić information content (AvgIpc) is 3.37. The van der Waals surface area contributed by atoms with E-state index in [9.17, 15) is 0 Å². The number of hydrogen-bond donors (Lipinski definition) is 3. The Morgan fingerprint density at radius 3 is 2.97 bits per heavy atom. The van der Waals surface area contributed by atoms with Crippen molar-refractivity contribution in [3.05, 3.63) is 72.7 Å². The molecule has 7 heteroatoms. The van der Waals surface area contributed by atoms with Crippen molar-refractivity contribution >= 4 is 33.3 Å². The summed E-state index contributed by atoms with van der Waals surface area (Å²) in [6.07, 6.45) is 8.57. The topological polar surface area (TPSA) is 83.6 Å². The van der Waals surface area contributed by atoms with Crippen molar-refractivity contribution in [2.45, 2.75) is 19.6 Å². The number of H-pyrrole nitrogens is 1. The van der Waals surface area contributed by atoms with Crippen molar-refractivity contribution in [1.82, 2.24) is 14.9 Å². The zero-order valence-electron chi connectivity index (χ0n) is 18.4. The molecule has 0 fully saturated rings. The monoisotopic (exact) mass is 428 g/mol. The lowest BCUT2D eigenvalue weighted by atomic mass is 10.1. The number of nitrogens with one attached hydrogen (secondary N) is 2. The Morgan fingerprint density at radius 2 is 2.09 bits per heavy atom. The summed E-state index contributed by atoms with van der Waals surface area (Å²) in [5.41, 5.74) is 10.6. The normalized spacial score (nSPS) is 16.1. The minimum atomic E-state index is -0.262. The molecule has 4 aromatic rings. The van der Waals surface area contributed by atoms with E-state index in [4.69, 9.17) is 10.5 Å². The Labute approximate surface area is 187 Å². The van der Waals surface area contributed by atoms with Gasteiger partial charge in [0.1, 0.15) is 11.6 Å². The molecular weight excluding hydrogens is 400 g/mol. The van der Waals surface area contributed by atoms with Gasteiger partial charge in [-0.25, -0.2) is 4.99 Å². The van der Waals surface area contributed by atoms with Gasteiger partial charge in [-0.3, -0.25) is 5.32 Å². The molecule has 0 saturated heterocycles. The van der Waals surface area contributed by atoms with E-state index in [1.165, 1.54) is 21.9 Å². The van der Waals surface area contributed by atoms with E-state index in [0.29, 0.717) is 12.4 Å². The maximum absolute atomic E-state index is 6.02. The highest BCUT2D eigenvalue weighted by molar-refractivity contribution is 5.93. The molecule has 1 aliphatic heterocycles. The van der Waals surface area contributed by atoms with Crippen LogP contribution in [0.5, 0.6) is 5.75 Å². The number of ether oxygens (including phenoxy) is 1. The molecule has 0 aliphatic carbocycles. The Kier molecular flexibility index (Phi) is 5.33. The van der Waals surface area contributed by atoms with Crippen LogP contribution < -0.4 is 20.7 Å². The van der Waals surface area contributed by atoms with Crippen LogP contribution in [-0.4, -0.2) is 34.8 Å². The van der Waals surface area contributed by atoms with Crippen molar-refractivity contribution in [2.24, 2.45) is 17.8 Å². The van der Waals surface area contributed by atoms with Gasteiger partial charge in [0.15, 0.2) is 6.29 Å². The minimum Gasteiger partial charge on any atom is -0.494 e. The second-order valence-electron chi connectivity index (χ2n) is 7.98. The van der Waals surface area contributed by atoms with E-state index in [1.807, 2.05) is 25.3 Å². The predicted octanol–water partition coefficient (Wildman–Crippen LogP) is 3.87. The van der Waals surface area contributed by atoms with Crippen LogP contribution >= 0.6 is 0 Å². The first-order valence-electron chi connectivity index (χ1n) is 10.9. The number of aromatic amines is 1. The first kappa shape index (κ1) is 20.2. The van der Waals surface area contributed by atoms with Crippen LogP contribution in [-0.2, 0) is 13.5 Å². The van der Waals surface area contributed by atoms with Gasteiger partial charge >= 0.3 is 0 Å². The van der Waals surface area contributed by atoms with Gasteiger partial charge in [-0.2, -0.15) is 0 Å². The van der Waals surface area contributed by atoms with Crippen LogP contribution in [0.1, 0.15) is 12.5 Å². The van der Waals surface area contributed by atoms with Crippen molar-refractivity contribution in [3.63, 3.8) is 0 Å². The van der Waals surface area contributed by atoms with Crippen molar-refractivity contribution in [3.8, 4) is 5.75 Å². The first-order chi connectivity index (χ1) is 15.6. The highest BCUT2D eigenvalue weighted by Crippen LogP contribution is 2.26. The summed E-state index contributed by atoms with van der Waals surface area (Å²) in [6.45, 7) is 3.41. The van der Waals surface area contributed by atoms with Crippen molar-refractivity contribution < 1.29 is 4.74 Å². The molecule has 32 heavy (non-hydrogen) atoms. The van der Waals surface area contributed by atoms with E-state index >= 15 is 0 Å². The van der Waals surface area contributed by atoms with Crippen LogP contribution in [0.25, 0.3) is 21.8 Å². The molecule has 7 nitrogen and oxygen atoms in total. The molecule has 164 valence electrons. The SMILES string of the molecule is CCOc1ccc2[nH]cc(CCNC3N=C(N)C=CN3c3ccc4ccn(C)c4c3)c2c1. The summed E-state index contributed by atoms with van der Waals surface area (Å²) in [5.74, 6) is 1.41. The summed E-state index contributed by atoms with van der Waals surface area (Å²) >= 11 is 0. The molecule has 1 unspecified atom stereocenters. The number of fused-ring (bicyclic) bond motifs is 2. The summed E-state index contributed by atoms with van der Waals surface area (Å²) in [7, 11) is 2.06. The van der Waals surface area contributed by atoms with Gasteiger partial charge < -0.3 is 24.9 Å². The second-order valence-corrected chi connectivity index (χ2v) is 7.98. The van der Waals surface area contributed by atoms with E-state index in [1.54, 1.807) is 0 Å². The van der Waals surface area contributed by atoms with Gasteiger partial charge in [0.25, 0.3) is 0 Å². The first-order valence-corrected chi connectivity index (χ1v) is 10.9. The van der Waals surface area contributed by atoms with E-state index < -0.39 is 0 Å². The summed E-state index contributed by atoms with van der Waals surface area (Å²) in [4.78, 5) is 10.1. The van der Waals surface area contributed by atoms with E-state index in [2.05, 4.69) is 80.6 Å². The predicted molar refractivity (Wildman–Crippen MR) is 131 cm³/mol. The van der Waals surface area contributed by atoms with E-state index in [0.717, 1.165) is 29.9 Å². The molecule has 0 amide bonds. The Morgan fingerprint density at radius 1 is 1.19 bits per heavy atom. The lowest BCUT2D eigenvalue weighted by molar-refractivity contribution is 0.340. The third-order valence-corrected chi connectivity index (χ3v) is 5.88. The fraction of sp³-hybridized carbons (Fsp3) is 0.240. The lowest BCUT2D eigenvalue weighted by Crippen LogP contribution is -2.45. The quantitative estimate of drug-likeness (QED) is 0.417. The van der Waals surface area contributed by atoms with Gasteiger partial charge in [-0.1, -0.05) is 6.07 Å². The van der Waals surface area contributed by atoms with Crippen LogP contribution in [0, 0.1) is 0 Å². The number of benzene rings is 2. The molecule has 0 bridgehead atoms. The fourth-order valence-electron chi connectivity index (χ4n) is 4.22. The van der Waals surface area contributed by atoms with Crippen molar-refractivity contribution in [1.29, 1.82) is 0 Å². The van der Waals surface area contributed by atoms with Crippen LogP contribution in [0.2, 0.25) is 0 Å². The zero-order valence-corrected chi connectivity index (χ0v) is 18.4. The molecule has 2 aromatic carbocycles. The van der Waals surface area contributed by atoms with Gasteiger partial charge in [0, 0.05) is 54.3 Å². The van der Waals surface area contributed by atoms with Gasteiger partial charge in [0.2, 0.25) is 0 Å². The van der Waals surface area contributed by atoms with E-state index in [-0.39, 0.29) is 6.29 Å². The number of aromatic nitrogens is 2. The number of amidine groups is 1. The fourth-order valence-corrected chi connectivity index (χ4v) is 4.22. The molecule has 0 radical (unpaired) electrons. The molecule has 3 heterocycles. The summed E-state index contributed by atoms with van der Waals surface area (Å²) in [5, 5.41) is 5.96. The molecular formula is C25H28N6O. The third kappa shape index (κ3) is 3.83. The number of nitrogens with two attached hydrogens (primary N) is 1. The van der Waals surface area contributed by atoms with Crippen LogP contribution in [0.3, 0.4) is 0 Å². The minimum absolute atomic E-state index is 0.262. The third-order valence-electron chi connectivity index (χ3n) is 5.88. The van der Waals surface area contributed by atoms with Gasteiger partial charge in [-0.15, -0.1) is 0 Å². The molecule has 2 aromatic heterocycles. The lowest BCUT2D eigenvalue weighted by Gasteiger charge is -2.31. The van der Waals surface area contributed by atoms with Crippen molar-refractivity contribution in [2.75, 3.05) is 18.1 Å². The molecule has 1 aliphatic rings. The number of aryl methyl sites for hydroxylation is 1. The summed E-state index contributed by atoms with van der Waals surface area (Å²) < 4.78 is 7.79.